The van der Waals surface area contributed by atoms with Crippen molar-refractivity contribution in [2.75, 3.05) is 25.2 Å². The van der Waals surface area contributed by atoms with Crippen molar-refractivity contribution < 1.29 is 24.1 Å². The number of ether oxygens (including phenoxy) is 3. The summed E-state index contributed by atoms with van der Waals surface area (Å²) in [5, 5.41) is 9.34. The van der Waals surface area contributed by atoms with E-state index in [1.54, 1.807) is 25.3 Å². The molecule has 0 bridgehead atoms. The minimum absolute atomic E-state index is 0.185. The first-order valence-corrected chi connectivity index (χ1v) is 6.80. The number of aliphatic hydroxyl groups excluding tert-OH is 1. The van der Waals surface area contributed by atoms with Gasteiger partial charge in [-0.05, 0) is 32.9 Å². The molecule has 1 N–H and O–H groups in total. The largest absolute Gasteiger partial charge is 0.497 e. The third-order valence-electron chi connectivity index (χ3n) is 2.96. The average molecular weight is 295 g/mol. The molecule has 1 atom stereocenters. The summed E-state index contributed by atoms with van der Waals surface area (Å²) in [5.41, 5.74) is 0.0197. The maximum atomic E-state index is 12.3. The van der Waals surface area contributed by atoms with Gasteiger partial charge in [-0.25, -0.2) is 4.79 Å². The highest BCUT2D eigenvalue weighted by atomic mass is 16.6. The highest BCUT2D eigenvalue weighted by Crippen LogP contribution is 2.37. The van der Waals surface area contributed by atoms with Gasteiger partial charge in [-0.3, -0.25) is 4.90 Å². The summed E-state index contributed by atoms with van der Waals surface area (Å²) in [5.74, 6) is 1.11. The van der Waals surface area contributed by atoms with E-state index in [9.17, 15) is 9.90 Å². The van der Waals surface area contributed by atoms with Crippen LogP contribution in [0.2, 0.25) is 0 Å². The van der Waals surface area contributed by atoms with E-state index in [0.29, 0.717) is 17.2 Å². The van der Waals surface area contributed by atoms with E-state index in [2.05, 4.69) is 0 Å². The van der Waals surface area contributed by atoms with Crippen molar-refractivity contribution in [3.63, 3.8) is 0 Å². The van der Waals surface area contributed by atoms with Gasteiger partial charge in [0.05, 0.1) is 25.9 Å². The van der Waals surface area contributed by atoms with Crippen LogP contribution < -0.4 is 14.4 Å². The fraction of sp³-hybridized carbons (Fsp3) is 0.533. The molecule has 0 saturated heterocycles. The molecule has 1 aromatic rings. The molecule has 2 rings (SSSR count). The van der Waals surface area contributed by atoms with Crippen LogP contribution >= 0.6 is 0 Å². The lowest BCUT2D eigenvalue weighted by molar-refractivity contribution is 0.0518. The number of anilines is 1. The highest BCUT2D eigenvalue weighted by molar-refractivity contribution is 5.90. The van der Waals surface area contributed by atoms with Gasteiger partial charge in [0, 0.05) is 6.07 Å². The number of fused-ring (bicyclic) bond motifs is 1. The normalized spacial score (nSPS) is 17.8. The third-order valence-corrected chi connectivity index (χ3v) is 2.96. The van der Waals surface area contributed by atoms with Crippen LogP contribution in [-0.2, 0) is 4.74 Å². The Bertz CT molecular complexity index is 523. The van der Waals surface area contributed by atoms with E-state index in [1.807, 2.05) is 20.8 Å². The molecule has 0 aromatic heterocycles. The molecule has 1 aromatic carbocycles. The number of hydrogen-bond donors (Lipinski definition) is 1. The number of nitrogens with zero attached hydrogens (tertiary/aromatic N) is 1. The van der Waals surface area contributed by atoms with Crippen molar-refractivity contribution >= 4 is 11.8 Å². The molecule has 116 valence electrons. The Morgan fingerprint density at radius 1 is 1.48 bits per heavy atom. The van der Waals surface area contributed by atoms with Gasteiger partial charge in [0.1, 0.15) is 23.2 Å². The summed E-state index contributed by atoms with van der Waals surface area (Å²) in [6.07, 6.45) is -0.951. The van der Waals surface area contributed by atoms with Gasteiger partial charge in [-0.1, -0.05) is 0 Å². The topological polar surface area (TPSA) is 68.2 Å². The molecule has 1 aliphatic rings. The number of methoxy groups -OCH3 is 1. The van der Waals surface area contributed by atoms with Gasteiger partial charge in [0.25, 0.3) is 0 Å². The fourth-order valence-electron chi connectivity index (χ4n) is 2.04. The summed E-state index contributed by atoms with van der Waals surface area (Å²) >= 11 is 0. The van der Waals surface area contributed by atoms with E-state index in [0.717, 1.165) is 0 Å². The molecule has 0 fully saturated rings. The quantitative estimate of drug-likeness (QED) is 0.906. The van der Waals surface area contributed by atoms with Gasteiger partial charge < -0.3 is 19.3 Å². The Labute approximate surface area is 124 Å². The van der Waals surface area contributed by atoms with E-state index in [4.69, 9.17) is 14.2 Å². The SMILES string of the molecule is COc1ccc2c(c1)OC(CO)CN2C(=O)OC(C)(C)C. The van der Waals surface area contributed by atoms with Gasteiger partial charge >= 0.3 is 6.09 Å². The molecule has 1 heterocycles. The van der Waals surface area contributed by atoms with Crippen LogP contribution in [0.5, 0.6) is 11.5 Å². The molecule has 6 heteroatoms. The van der Waals surface area contributed by atoms with Crippen LogP contribution in [0.3, 0.4) is 0 Å². The average Bonchev–Trinajstić information content (AvgIpc) is 2.43. The lowest BCUT2D eigenvalue weighted by Gasteiger charge is -2.35. The van der Waals surface area contributed by atoms with Gasteiger partial charge in [-0.2, -0.15) is 0 Å². The number of carbonyl (C=O) groups is 1. The Morgan fingerprint density at radius 3 is 2.76 bits per heavy atom. The maximum Gasteiger partial charge on any atom is 0.415 e. The van der Waals surface area contributed by atoms with Crippen LogP contribution in [-0.4, -0.2) is 43.2 Å². The molecular weight excluding hydrogens is 274 g/mol. The van der Waals surface area contributed by atoms with Crippen LogP contribution in [0, 0.1) is 0 Å². The number of carbonyl (C=O) groups excluding carboxylic acids is 1. The molecule has 6 nitrogen and oxygen atoms in total. The zero-order chi connectivity index (χ0) is 15.6. The molecule has 21 heavy (non-hydrogen) atoms. The van der Waals surface area contributed by atoms with Gasteiger partial charge in [0.2, 0.25) is 0 Å². The van der Waals surface area contributed by atoms with E-state index in [-0.39, 0.29) is 13.2 Å². The van der Waals surface area contributed by atoms with Crippen LogP contribution in [0.25, 0.3) is 0 Å². The Kier molecular flexibility index (Phi) is 4.27. The second-order valence-corrected chi connectivity index (χ2v) is 5.85. The third kappa shape index (κ3) is 3.58. The predicted molar refractivity (Wildman–Crippen MR) is 78.1 cm³/mol. The molecule has 0 saturated carbocycles. The summed E-state index contributed by atoms with van der Waals surface area (Å²) in [4.78, 5) is 13.8. The monoisotopic (exact) mass is 295 g/mol. The first-order chi connectivity index (χ1) is 9.84. The Morgan fingerprint density at radius 2 is 2.19 bits per heavy atom. The first-order valence-electron chi connectivity index (χ1n) is 6.80. The van der Waals surface area contributed by atoms with Crippen LogP contribution in [0.4, 0.5) is 10.5 Å². The first kappa shape index (κ1) is 15.4. The summed E-state index contributed by atoms with van der Waals surface area (Å²) in [6.45, 7) is 5.48. The van der Waals surface area contributed by atoms with Crippen molar-refractivity contribution in [3.8, 4) is 11.5 Å². The van der Waals surface area contributed by atoms with E-state index < -0.39 is 17.8 Å². The summed E-state index contributed by atoms with van der Waals surface area (Å²) in [6, 6.07) is 5.18. The number of aliphatic hydroxyl groups is 1. The molecule has 0 aliphatic carbocycles. The molecular formula is C15H21NO5. The zero-order valence-corrected chi connectivity index (χ0v) is 12.8. The Hall–Kier alpha value is -1.95. The van der Waals surface area contributed by atoms with E-state index in [1.165, 1.54) is 4.90 Å². The van der Waals surface area contributed by atoms with Crippen LogP contribution in [0.15, 0.2) is 18.2 Å². The van der Waals surface area contributed by atoms with Crippen molar-refractivity contribution in [1.82, 2.24) is 0 Å². The lowest BCUT2D eigenvalue weighted by atomic mass is 10.2. The van der Waals surface area contributed by atoms with Crippen molar-refractivity contribution in [1.29, 1.82) is 0 Å². The number of benzene rings is 1. The predicted octanol–water partition coefficient (Wildman–Crippen LogP) is 2.19. The second-order valence-electron chi connectivity index (χ2n) is 5.85. The summed E-state index contributed by atoms with van der Waals surface area (Å²) < 4.78 is 16.2. The maximum absolute atomic E-state index is 12.3. The smallest absolute Gasteiger partial charge is 0.415 e. The fourth-order valence-corrected chi connectivity index (χ4v) is 2.04. The number of amides is 1. The van der Waals surface area contributed by atoms with Crippen molar-refractivity contribution in [3.05, 3.63) is 18.2 Å². The minimum atomic E-state index is -0.587. The van der Waals surface area contributed by atoms with E-state index >= 15 is 0 Å². The Balaban J connectivity index is 2.32. The van der Waals surface area contributed by atoms with Crippen molar-refractivity contribution in [2.24, 2.45) is 0 Å². The molecule has 1 aliphatic heterocycles. The van der Waals surface area contributed by atoms with Crippen LogP contribution in [0.1, 0.15) is 20.8 Å². The number of rotatable bonds is 2. The molecule has 1 unspecified atom stereocenters. The molecule has 0 spiro atoms. The minimum Gasteiger partial charge on any atom is -0.497 e. The van der Waals surface area contributed by atoms with Gasteiger partial charge in [-0.15, -0.1) is 0 Å². The second kappa shape index (κ2) is 5.81. The van der Waals surface area contributed by atoms with Gasteiger partial charge in [0.15, 0.2) is 0 Å². The molecule has 0 radical (unpaired) electrons. The zero-order valence-electron chi connectivity index (χ0n) is 12.8. The number of hydrogen-bond acceptors (Lipinski definition) is 5. The standard InChI is InChI=1S/C15H21NO5/c1-15(2,3)21-14(18)16-8-11(9-17)20-13-7-10(19-4)5-6-12(13)16/h5-7,11,17H,8-9H2,1-4H3. The lowest BCUT2D eigenvalue weighted by Crippen LogP contribution is -2.47. The highest BCUT2D eigenvalue weighted by Gasteiger charge is 2.32. The van der Waals surface area contributed by atoms with Crippen molar-refractivity contribution in [2.45, 2.75) is 32.5 Å². The summed E-state index contributed by atoms with van der Waals surface area (Å²) in [7, 11) is 1.56. The molecule has 1 amide bonds.